The van der Waals surface area contributed by atoms with Crippen molar-refractivity contribution in [1.82, 2.24) is 5.32 Å². The smallest absolute Gasteiger partial charge is 0.258 e. The maximum absolute atomic E-state index is 11.1. The lowest BCUT2D eigenvalue weighted by Gasteiger charge is -2.05. The van der Waals surface area contributed by atoms with Crippen LogP contribution in [0.25, 0.3) is 0 Å². The van der Waals surface area contributed by atoms with E-state index in [1.54, 1.807) is 12.1 Å². The minimum absolute atomic E-state index is 0.000672. The van der Waals surface area contributed by atoms with Crippen molar-refractivity contribution in [2.75, 3.05) is 13.2 Å². The van der Waals surface area contributed by atoms with Gasteiger partial charge in [-0.3, -0.25) is 4.79 Å². The molecule has 0 aliphatic carbocycles. The Kier molecular flexibility index (Phi) is 4.64. The fourth-order valence-electron chi connectivity index (χ4n) is 0.895. The second-order valence-corrected chi connectivity index (χ2v) is 3.60. The monoisotopic (exact) mass is 268 g/mol. The predicted octanol–water partition coefficient (Wildman–Crippen LogP) is 1.47. The molecule has 78 valence electrons. The second kappa shape index (κ2) is 6.04. The van der Waals surface area contributed by atoms with Crippen molar-refractivity contribution in [3.63, 3.8) is 0 Å². The van der Waals surface area contributed by atoms with Crippen LogP contribution >= 0.6 is 15.9 Å². The molecule has 0 bridgehead atoms. The lowest BCUT2D eigenvalue weighted by molar-refractivity contribution is -0.122. The molecule has 0 unspecified atom stereocenters. The first-order valence-electron chi connectivity index (χ1n) is 4.24. The summed E-state index contributed by atoms with van der Waals surface area (Å²) in [5.74, 6) is 0.299. The third kappa shape index (κ3) is 4.47. The van der Waals surface area contributed by atoms with Crippen LogP contribution in [0.3, 0.4) is 0 Å². The Morgan fingerprint density at radius 2 is 2.40 bits per heavy atom. The van der Waals surface area contributed by atoms with Crippen LogP contribution in [0.2, 0.25) is 0 Å². The zero-order valence-corrected chi connectivity index (χ0v) is 9.45. The summed E-state index contributed by atoms with van der Waals surface area (Å²) in [6.07, 6.45) is 0. The van der Waals surface area contributed by atoms with Crippen molar-refractivity contribution in [1.29, 1.82) is 5.26 Å². The van der Waals surface area contributed by atoms with E-state index in [4.69, 9.17) is 10.00 Å². The molecule has 0 saturated carbocycles. The highest BCUT2D eigenvalue weighted by molar-refractivity contribution is 9.10. The van der Waals surface area contributed by atoms with Gasteiger partial charge in [0.1, 0.15) is 12.3 Å². The summed E-state index contributed by atoms with van der Waals surface area (Å²) >= 11 is 3.29. The van der Waals surface area contributed by atoms with Crippen molar-refractivity contribution < 1.29 is 9.53 Å². The number of nitriles is 1. The molecule has 1 rings (SSSR count). The van der Waals surface area contributed by atoms with Crippen molar-refractivity contribution in [3.05, 3.63) is 28.7 Å². The Hall–Kier alpha value is -1.54. The van der Waals surface area contributed by atoms with E-state index in [1.807, 2.05) is 18.2 Å². The van der Waals surface area contributed by atoms with E-state index in [0.717, 1.165) is 4.47 Å². The average Bonchev–Trinajstić information content (AvgIpc) is 2.23. The maximum atomic E-state index is 11.1. The van der Waals surface area contributed by atoms with Crippen LogP contribution in [-0.2, 0) is 4.79 Å². The zero-order valence-electron chi connectivity index (χ0n) is 7.87. The van der Waals surface area contributed by atoms with Gasteiger partial charge in [-0.15, -0.1) is 0 Å². The molecule has 5 heteroatoms. The molecule has 0 radical (unpaired) electrons. The fraction of sp³-hybridized carbons (Fsp3) is 0.200. The average molecular weight is 269 g/mol. The predicted molar refractivity (Wildman–Crippen MR) is 58.3 cm³/mol. The minimum Gasteiger partial charge on any atom is -0.484 e. The van der Waals surface area contributed by atoms with Crippen LogP contribution < -0.4 is 10.1 Å². The van der Waals surface area contributed by atoms with Crippen LogP contribution in [0.15, 0.2) is 28.7 Å². The van der Waals surface area contributed by atoms with Gasteiger partial charge in [-0.1, -0.05) is 22.0 Å². The van der Waals surface area contributed by atoms with Gasteiger partial charge in [0.25, 0.3) is 5.91 Å². The standard InChI is InChI=1S/C10H9BrN2O2/c11-8-2-1-3-9(6-8)15-7-10(14)13-5-4-12/h1-3,6H,5,7H2,(H,13,14). The van der Waals surface area contributed by atoms with E-state index in [9.17, 15) is 4.79 Å². The summed E-state index contributed by atoms with van der Waals surface area (Å²) in [4.78, 5) is 11.1. The van der Waals surface area contributed by atoms with Crippen molar-refractivity contribution in [3.8, 4) is 11.8 Å². The third-order valence-corrected chi connectivity index (χ3v) is 2.02. The number of ether oxygens (including phenoxy) is 1. The zero-order chi connectivity index (χ0) is 11.1. The van der Waals surface area contributed by atoms with E-state index in [0.29, 0.717) is 5.75 Å². The minimum atomic E-state index is -0.309. The molecule has 0 fully saturated rings. The normalized spacial score (nSPS) is 9.07. The van der Waals surface area contributed by atoms with E-state index < -0.39 is 0 Å². The summed E-state index contributed by atoms with van der Waals surface area (Å²) in [6, 6.07) is 9.00. The van der Waals surface area contributed by atoms with Gasteiger partial charge in [0.15, 0.2) is 6.61 Å². The number of nitrogens with one attached hydrogen (secondary N) is 1. The number of hydrogen-bond donors (Lipinski definition) is 1. The second-order valence-electron chi connectivity index (χ2n) is 2.68. The van der Waals surface area contributed by atoms with Gasteiger partial charge >= 0.3 is 0 Å². The number of amides is 1. The first-order valence-corrected chi connectivity index (χ1v) is 5.03. The van der Waals surface area contributed by atoms with Gasteiger partial charge in [0, 0.05) is 4.47 Å². The van der Waals surface area contributed by atoms with Gasteiger partial charge in [-0.25, -0.2) is 0 Å². The molecule has 0 aromatic heterocycles. The van der Waals surface area contributed by atoms with E-state index in [-0.39, 0.29) is 19.1 Å². The number of halogens is 1. The highest BCUT2D eigenvalue weighted by atomic mass is 79.9. The molecule has 0 atom stereocenters. The molecule has 0 heterocycles. The number of rotatable bonds is 4. The van der Waals surface area contributed by atoms with Gasteiger partial charge < -0.3 is 10.1 Å². The highest BCUT2D eigenvalue weighted by Crippen LogP contribution is 2.17. The molecule has 0 spiro atoms. The van der Waals surface area contributed by atoms with E-state index >= 15 is 0 Å². The molecule has 1 amide bonds. The van der Waals surface area contributed by atoms with Gasteiger partial charge in [-0.2, -0.15) is 5.26 Å². The highest BCUT2D eigenvalue weighted by Gasteiger charge is 2.01. The number of benzene rings is 1. The van der Waals surface area contributed by atoms with Crippen molar-refractivity contribution >= 4 is 21.8 Å². The number of carbonyl (C=O) groups is 1. The Balaban J connectivity index is 2.37. The topological polar surface area (TPSA) is 62.1 Å². The molecule has 1 N–H and O–H groups in total. The number of carbonyl (C=O) groups excluding carboxylic acids is 1. The molecule has 4 nitrogen and oxygen atoms in total. The molecule has 0 saturated heterocycles. The third-order valence-electron chi connectivity index (χ3n) is 1.53. The fourth-order valence-corrected chi connectivity index (χ4v) is 1.27. The molecule has 1 aromatic carbocycles. The molecule has 1 aromatic rings. The molecule has 15 heavy (non-hydrogen) atoms. The number of hydrogen-bond acceptors (Lipinski definition) is 3. The summed E-state index contributed by atoms with van der Waals surface area (Å²) in [7, 11) is 0. The quantitative estimate of drug-likeness (QED) is 0.842. The van der Waals surface area contributed by atoms with Crippen LogP contribution in [0.5, 0.6) is 5.75 Å². The summed E-state index contributed by atoms with van der Waals surface area (Å²) in [5.41, 5.74) is 0. The van der Waals surface area contributed by atoms with E-state index in [1.165, 1.54) is 0 Å². The molecular weight excluding hydrogens is 260 g/mol. The summed E-state index contributed by atoms with van der Waals surface area (Å²) in [5, 5.41) is 10.6. The van der Waals surface area contributed by atoms with Crippen molar-refractivity contribution in [2.45, 2.75) is 0 Å². The molecule has 0 aliphatic heterocycles. The Labute approximate surface area is 96.0 Å². The Morgan fingerprint density at radius 3 is 3.07 bits per heavy atom. The summed E-state index contributed by atoms with van der Waals surface area (Å²) in [6.45, 7) is -0.0845. The number of nitrogens with zero attached hydrogens (tertiary/aromatic N) is 1. The van der Waals surface area contributed by atoms with Gasteiger partial charge in [0.2, 0.25) is 0 Å². The SMILES string of the molecule is N#CCNC(=O)COc1cccc(Br)c1. The van der Waals surface area contributed by atoms with Crippen LogP contribution in [0, 0.1) is 11.3 Å². The Morgan fingerprint density at radius 1 is 1.60 bits per heavy atom. The lowest BCUT2D eigenvalue weighted by atomic mass is 10.3. The molecular formula is C10H9BrN2O2. The van der Waals surface area contributed by atoms with Crippen molar-refractivity contribution in [2.24, 2.45) is 0 Å². The largest absolute Gasteiger partial charge is 0.484 e. The lowest BCUT2D eigenvalue weighted by Crippen LogP contribution is -2.28. The Bertz CT molecular complexity index is 387. The first kappa shape index (κ1) is 11.5. The first-order chi connectivity index (χ1) is 7.22. The maximum Gasteiger partial charge on any atom is 0.258 e. The summed E-state index contributed by atoms with van der Waals surface area (Å²) < 4.78 is 6.08. The molecule has 0 aliphatic rings. The van der Waals surface area contributed by atoms with E-state index in [2.05, 4.69) is 21.2 Å². The van der Waals surface area contributed by atoms with Gasteiger partial charge in [0.05, 0.1) is 6.07 Å². The van der Waals surface area contributed by atoms with Crippen LogP contribution in [-0.4, -0.2) is 19.1 Å². The van der Waals surface area contributed by atoms with Crippen LogP contribution in [0.4, 0.5) is 0 Å². The van der Waals surface area contributed by atoms with Crippen LogP contribution in [0.1, 0.15) is 0 Å². The van der Waals surface area contributed by atoms with Gasteiger partial charge in [-0.05, 0) is 18.2 Å².